The number of hydrogen-bond acceptors (Lipinski definition) is 3. The molecule has 0 N–H and O–H groups in total. The quantitative estimate of drug-likeness (QED) is 0.792. The molecule has 4 heteroatoms. The van der Waals surface area contributed by atoms with Gasteiger partial charge in [0.15, 0.2) is 0 Å². The van der Waals surface area contributed by atoms with Crippen LogP contribution in [0.15, 0.2) is 42.5 Å². The molecule has 0 fully saturated rings. The highest BCUT2D eigenvalue weighted by Crippen LogP contribution is 2.41. The number of benzene rings is 2. The smallest absolute Gasteiger partial charge is 0.338 e. The highest BCUT2D eigenvalue weighted by molar-refractivity contribution is 5.96. The van der Waals surface area contributed by atoms with Gasteiger partial charge in [0.1, 0.15) is 0 Å². The third kappa shape index (κ3) is 2.48. The fourth-order valence-electron chi connectivity index (χ4n) is 3.31. The number of carbonyl (C=O) groups excluding carboxylic acids is 2. The van der Waals surface area contributed by atoms with Crippen LogP contribution in [0.4, 0.5) is 0 Å². The number of amides is 1. The predicted octanol–water partition coefficient (Wildman–Crippen LogP) is 3.67. The van der Waals surface area contributed by atoms with Crippen molar-refractivity contribution < 1.29 is 14.3 Å². The third-order valence-electron chi connectivity index (χ3n) is 4.78. The normalized spacial score (nSPS) is 15.1. The number of methoxy groups -OCH3 is 1. The zero-order valence-corrected chi connectivity index (χ0v) is 14.4. The Labute approximate surface area is 142 Å². The second-order valence-electron chi connectivity index (χ2n) is 6.64. The van der Waals surface area contributed by atoms with Gasteiger partial charge in [0.25, 0.3) is 5.91 Å². The Morgan fingerprint density at radius 1 is 1.08 bits per heavy atom. The Hall–Kier alpha value is -2.62. The molecule has 2 aromatic carbocycles. The lowest BCUT2D eigenvalue weighted by molar-refractivity contribution is 0.0562. The number of hydrogen-bond donors (Lipinski definition) is 0. The molecule has 0 atom stereocenters. The fraction of sp³-hybridized carbons (Fsp3) is 0.300. The minimum Gasteiger partial charge on any atom is -0.465 e. The van der Waals surface area contributed by atoms with Crippen molar-refractivity contribution in [3.8, 4) is 0 Å². The molecule has 4 nitrogen and oxygen atoms in total. The lowest BCUT2D eigenvalue weighted by atomic mass is 9.91. The van der Waals surface area contributed by atoms with E-state index < -0.39 is 5.54 Å². The van der Waals surface area contributed by atoms with Gasteiger partial charge in [-0.2, -0.15) is 0 Å². The van der Waals surface area contributed by atoms with E-state index in [0.717, 1.165) is 16.7 Å². The summed E-state index contributed by atoms with van der Waals surface area (Å²) in [6.45, 7) is 6.41. The van der Waals surface area contributed by atoms with Crippen LogP contribution < -0.4 is 0 Å². The van der Waals surface area contributed by atoms with Crippen molar-refractivity contribution in [3.05, 3.63) is 70.3 Å². The third-order valence-corrected chi connectivity index (χ3v) is 4.78. The minimum atomic E-state index is -0.485. The van der Waals surface area contributed by atoms with Crippen LogP contribution in [-0.4, -0.2) is 23.9 Å². The van der Waals surface area contributed by atoms with Crippen LogP contribution in [0, 0.1) is 6.92 Å². The molecule has 0 unspecified atom stereocenters. The Morgan fingerprint density at radius 2 is 1.75 bits per heavy atom. The number of ether oxygens (including phenoxy) is 1. The molecule has 3 rings (SSSR count). The van der Waals surface area contributed by atoms with Gasteiger partial charge in [-0.1, -0.05) is 29.8 Å². The van der Waals surface area contributed by atoms with Crippen molar-refractivity contribution in [2.75, 3.05) is 7.11 Å². The van der Waals surface area contributed by atoms with E-state index in [-0.39, 0.29) is 11.9 Å². The van der Waals surface area contributed by atoms with E-state index in [1.54, 1.807) is 6.07 Å². The van der Waals surface area contributed by atoms with Crippen LogP contribution in [0.2, 0.25) is 0 Å². The maximum absolute atomic E-state index is 13.0. The van der Waals surface area contributed by atoms with Crippen molar-refractivity contribution >= 4 is 11.9 Å². The van der Waals surface area contributed by atoms with Crippen LogP contribution in [0.3, 0.4) is 0 Å². The summed E-state index contributed by atoms with van der Waals surface area (Å²) in [6.07, 6.45) is 0. The summed E-state index contributed by atoms with van der Waals surface area (Å²) in [5.74, 6) is -0.403. The van der Waals surface area contributed by atoms with Crippen LogP contribution in [0.1, 0.15) is 51.3 Å². The molecule has 1 aliphatic heterocycles. The Kier molecular flexibility index (Phi) is 3.91. The first-order chi connectivity index (χ1) is 11.4. The second-order valence-corrected chi connectivity index (χ2v) is 6.64. The van der Waals surface area contributed by atoms with E-state index in [1.807, 2.05) is 62.1 Å². The molecule has 2 aromatic rings. The number of esters is 1. The van der Waals surface area contributed by atoms with Gasteiger partial charge in [0.2, 0.25) is 0 Å². The summed E-state index contributed by atoms with van der Waals surface area (Å²) in [6, 6.07) is 13.1. The van der Waals surface area contributed by atoms with E-state index >= 15 is 0 Å². The Bertz CT molecular complexity index is 806. The molecule has 1 heterocycles. The van der Waals surface area contributed by atoms with E-state index in [2.05, 4.69) is 0 Å². The number of nitrogens with zero attached hydrogens (tertiary/aromatic N) is 1. The van der Waals surface area contributed by atoms with E-state index in [0.29, 0.717) is 17.7 Å². The molecule has 0 aromatic heterocycles. The summed E-state index contributed by atoms with van der Waals surface area (Å²) < 4.78 is 4.88. The number of carbonyl (C=O) groups is 2. The molecule has 0 bridgehead atoms. The number of aryl methyl sites for hydroxylation is 1. The summed E-state index contributed by atoms with van der Waals surface area (Å²) >= 11 is 0. The molecule has 0 saturated heterocycles. The Balaban J connectivity index is 2.02. The molecular weight excluding hydrogens is 302 g/mol. The van der Waals surface area contributed by atoms with Crippen LogP contribution in [0.25, 0.3) is 0 Å². The molecule has 0 spiro atoms. The molecule has 124 valence electrons. The number of fused-ring (bicyclic) bond motifs is 1. The zero-order chi connectivity index (χ0) is 17.5. The van der Waals surface area contributed by atoms with Crippen LogP contribution in [0.5, 0.6) is 0 Å². The molecular formula is C20H21NO3. The lowest BCUT2D eigenvalue weighted by Gasteiger charge is -2.32. The van der Waals surface area contributed by atoms with Crippen molar-refractivity contribution in [2.45, 2.75) is 32.9 Å². The van der Waals surface area contributed by atoms with Crippen molar-refractivity contribution in [3.63, 3.8) is 0 Å². The van der Waals surface area contributed by atoms with E-state index in [1.165, 1.54) is 7.11 Å². The lowest BCUT2D eigenvalue weighted by Crippen LogP contribution is -2.40. The van der Waals surface area contributed by atoms with Crippen molar-refractivity contribution in [2.24, 2.45) is 0 Å². The molecule has 1 aliphatic rings. The van der Waals surface area contributed by atoms with Gasteiger partial charge >= 0.3 is 5.97 Å². The molecule has 1 amide bonds. The first kappa shape index (κ1) is 16.2. The van der Waals surface area contributed by atoms with Gasteiger partial charge in [-0.3, -0.25) is 4.79 Å². The maximum atomic E-state index is 13.0. The molecule has 24 heavy (non-hydrogen) atoms. The fourth-order valence-corrected chi connectivity index (χ4v) is 3.31. The largest absolute Gasteiger partial charge is 0.465 e. The number of rotatable bonds is 2. The van der Waals surface area contributed by atoms with Gasteiger partial charge in [-0.05, 0) is 50.1 Å². The van der Waals surface area contributed by atoms with E-state index in [4.69, 9.17) is 4.74 Å². The average Bonchev–Trinajstić information content (AvgIpc) is 2.85. The van der Waals surface area contributed by atoms with E-state index in [9.17, 15) is 9.59 Å². The van der Waals surface area contributed by atoms with Crippen LogP contribution >= 0.6 is 0 Å². The standard InChI is InChI=1S/C20H21NO3/c1-13-8-10-14(11-9-13)18(22)21-12-16-15(19(23)24-4)6-5-7-17(16)20(21,2)3/h5-11H,12H2,1-4H3. The summed E-state index contributed by atoms with van der Waals surface area (Å²) in [5.41, 5.74) is 3.67. The minimum absolute atomic E-state index is 0.0352. The summed E-state index contributed by atoms with van der Waals surface area (Å²) in [7, 11) is 1.37. The maximum Gasteiger partial charge on any atom is 0.338 e. The molecule has 0 aliphatic carbocycles. The van der Waals surface area contributed by atoms with Crippen molar-refractivity contribution in [1.29, 1.82) is 0 Å². The highest BCUT2D eigenvalue weighted by Gasteiger charge is 2.42. The first-order valence-electron chi connectivity index (χ1n) is 7.95. The SMILES string of the molecule is COC(=O)c1cccc2c1CN(C(=O)c1ccc(C)cc1)C2(C)C. The van der Waals surface area contributed by atoms with Gasteiger partial charge in [0.05, 0.1) is 18.2 Å². The topological polar surface area (TPSA) is 46.6 Å². The van der Waals surface area contributed by atoms with Gasteiger partial charge in [-0.15, -0.1) is 0 Å². The van der Waals surface area contributed by atoms with Gasteiger partial charge < -0.3 is 9.64 Å². The first-order valence-corrected chi connectivity index (χ1v) is 7.95. The monoisotopic (exact) mass is 323 g/mol. The van der Waals surface area contributed by atoms with Gasteiger partial charge in [0, 0.05) is 12.1 Å². The predicted molar refractivity (Wildman–Crippen MR) is 91.9 cm³/mol. The summed E-state index contributed by atoms with van der Waals surface area (Å²) in [5, 5.41) is 0. The summed E-state index contributed by atoms with van der Waals surface area (Å²) in [4.78, 5) is 26.9. The molecule has 0 radical (unpaired) electrons. The van der Waals surface area contributed by atoms with Gasteiger partial charge in [-0.25, -0.2) is 4.79 Å². The second kappa shape index (κ2) is 5.78. The molecule has 0 saturated carbocycles. The zero-order valence-electron chi connectivity index (χ0n) is 14.4. The Morgan fingerprint density at radius 3 is 2.38 bits per heavy atom. The van der Waals surface area contributed by atoms with Crippen molar-refractivity contribution in [1.82, 2.24) is 4.90 Å². The average molecular weight is 323 g/mol. The van der Waals surface area contributed by atoms with Crippen LogP contribution in [-0.2, 0) is 16.8 Å². The highest BCUT2D eigenvalue weighted by atomic mass is 16.5.